The van der Waals surface area contributed by atoms with E-state index in [4.69, 9.17) is 16.8 Å². The molecule has 0 saturated heterocycles. The minimum Gasteiger partial charge on any atom is -0.421 e. The standard InChI is InChI=1S/C4H12N3O3/c1-10-4(9)7(5,6)2-3-8/h8H,2-3,5-6H2,1H3/q+1. The van der Waals surface area contributed by atoms with Crippen LogP contribution in [-0.2, 0) is 4.74 Å². The minimum absolute atomic E-state index is 0.0628. The molecule has 0 atom stereocenters. The maximum absolute atomic E-state index is 10.6. The predicted octanol–water partition coefficient (Wildman–Crippen LogP) is -1.69. The summed E-state index contributed by atoms with van der Waals surface area (Å²) < 4.78 is 3.30. The molecule has 0 spiro atoms. The van der Waals surface area contributed by atoms with Crippen molar-refractivity contribution in [3.8, 4) is 0 Å². The first kappa shape index (κ1) is 9.31. The van der Waals surface area contributed by atoms with Crippen LogP contribution < -0.4 is 11.7 Å². The molecule has 6 nitrogen and oxygen atoms in total. The summed E-state index contributed by atoms with van der Waals surface area (Å²) in [5.74, 6) is 10.3. The number of carbonyl (C=O) groups excluding carboxylic acids is 1. The van der Waals surface area contributed by atoms with Crippen LogP contribution in [0.25, 0.3) is 0 Å². The highest BCUT2D eigenvalue weighted by molar-refractivity contribution is 5.58. The van der Waals surface area contributed by atoms with Crippen molar-refractivity contribution in [1.29, 1.82) is 0 Å². The van der Waals surface area contributed by atoms with E-state index in [0.717, 1.165) is 0 Å². The van der Waals surface area contributed by atoms with E-state index in [1.54, 1.807) is 0 Å². The van der Waals surface area contributed by atoms with Gasteiger partial charge in [0.05, 0.1) is 13.7 Å². The Morgan fingerprint density at radius 2 is 2.20 bits per heavy atom. The summed E-state index contributed by atoms with van der Waals surface area (Å²) in [6.07, 6.45) is -0.783. The number of ether oxygens (including phenoxy) is 1. The van der Waals surface area contributed by atoms with Crippen LogP contribution in [0.15, 0.2) is 0 Å². The second-order valence-electron chi connectivity index (χ2n) is 1.85. The quantitative estimate of drug-likeness (QED) is 0.189. The fraction of sp³-hybridized carbons (Fsp3) is 0.750. The molecule has 0 aromatic heterocycles. The Labute approximate surface area is 58.5 Å². The lowest BCUT2D eigenvalue weighted by Crippen LogP contribution is -2.65. The maximum Gasteiger partial charge on any atom is 0.555 e. The average molecular weight is 150 g/mol. The van der Waals surface area contributed by atoms with E-state index in [1.807, 2.05) is 0 Å². The van der Waals surface area contributed by atoms with Crippen LogP contribution in [0.1, 0.15) is 0 Å². The summed E-state index contributed by atoms with van der Waals surface area (Å²) in [6, 6.07) is 0. The molecule has 0 aromatic carbocycles. The minimum atomic E-state index is -0.938. The molecule has 5 N–H and O–H groups in total. The number of quaternary nitrogens is 1. The fourth-order valence-corrected chi connectivity index (χ4v) is 0.427. The molecule has 0 rings (SSSR count). The molecule has 0 aliphatic heterocycles. The van der Waals surface area contributed by atoms with E-state index >= 15 is 0 Å². The Bertz CT molecular complexity index is 125. The van der Waals surface area contributed by atoms with Crippen LogP contribution in [-0.4, -0.2) is 36.2 Å². The topological polar surface area (TPSA) is 98.6 Å². The summed E-state index contributed by atoms with van der Waals surface area (Å²) >= 11 is 0. The van der Waals surface area contributed by atoms with Crippen molar-refractivity contribution >= 4 is 6.09 Å². The number of aliphatic hydroxyl groups excluding tert-OH is 1. The van der Waals surface area contributed by atoms with Gasteiger partial charge in [-0.1, -0.05) is 4.70 Å². The van der Waals surface area contributed by atoms with Crippen molar-refractivity contribution in [2.45, 2.75) is 0 Å². The Hall–Kier alpha value is -0.690. The highest BCUT2D eigenvalue weighted by Crippen LogP contribution is 1.90. The largest absolute Gasteiger partial charge is 0.555 e. The van der Waals surface area contributed by atoms with Gasteiger partial charge in [-0.25, -0.2) is 0 Å². The third-order valence-electron chi connectivity index (χ3n) is 0.985. The zero-order valence-electron chi connectivity index (χ0n) is 5.78. The monoisotopic (exact) mass is 150 g/mol. The van der Waals surface area contributed by atoms with Gasteiger partial charge in [-0.2, -0.15) is 16.5 Å². The molecule has 0 heterocycles. The van der Waals surface area contributed by atoms with Gasteiger partial charge in [0.25, 0.3) is 0 Å². The number of carbonyl (C=O) groups is 1. The first-order valence-corrected chi connectivity index (χ1v) is 2.69. The number of nitrogens with zero attached hydrogens (tertiary/aromatic N) is 1. The van der Waals surface area contributed by atoms with Gasteiger partial charge in [0.2, 0.25) is 0 Å². The highest BCUT2D eigenvalue weighted by Gasteiger charge is 2.29. The van der Waals surface area contributed by atoms with Gasteiger partial charge in [-0.05, 0) is 0 Å². The second-order valence-corrected chi connectivity index (χ2v) is 1.85. The van der Waals surface area contributed by atoms with Crippen molar-refractivity contribution in [1.82, 2.24) is 0 Å². The molecule has 0 aliphatic carbocycles. The normalized spacial score (nSPS) is 11.2. The smallest absolute Gasteiger partial charge is 0.421 e. The molecule has 0 aliphatic rings. The molecular weight excluding hydrogens is 138 g/mol. The number of hydrogen-bond acceptors (Lipinski definition) is 5. The Morgan fingerprint density at radius 1 is 1.70 bits per heavy atom. The van der Waals surface area contributed by atoms with Crippen molar-refractivity contribution in [3.05, 3.63) is 0 Å². The summed E-state index contributed by atoms with van der Waals surface area (Å²) in [5, 5.41) is 8.36. The van der Waals surface area contributed by atoms with Crippen molar-refractivity contribution in [2.75, 3.05) is 20.3 Å². The van der Waals surface area contributed by atoms with E-state index < -0.39 is 10.8 Å². The zero-order valence-corrected chi connectivity index (χ0v) is 5.78. The van der Waals surface area contributed by atoms with E-state index in [0.29, 0.717) is 0 Å². The number of methoxy groups -OCH3 is 1. The van der Waals surface area contributed by atoms with Gasteiger partial charge < -0.3 is 9.84 Å². The van der Waals surface area contributed by atoms with Crippen LogP contribution in [0.5, 0.6) is 0 Å². The van der Waals surface area contributed by atoms with Crippen molar-refractivity contribution in [2.24, 2.45) is 11.7 Å². The lowest BCUT2D eigenvalue weighted by molar-refractivity contribution is -0.881. The molecule has 0 fully saturated rings. The molecule has 0 bridgehead atoms. The van der Waals surface area contributed by atoms with Gasteiger partial charge in [0.15, 0.2) is 0 Å². The van der Waals surface area contributed by atoms with Gasteiger partial charge in [0.1, 0.15) is 6.54 Å². The first-order chi connectivity index (χ1) is 4.54. The van der Waals surface area contributed by atoms with Crippen molar-refractivity contribution < 1.29 is 19.3 Å². The maximum atomic E-state index is 10.6. The van der Waals surface area contributed by atoms with Gasteiger partial charge in [-0.15, -0.1) is 0 Å². The van der Waals surface area contributed by atoms with Crippen LogP contribution >= 0.6 is 0 Å². The molecule has 6 heteroatoms. The first-order valence-electron chi connectivity index (χ1n) is 2.69. The summed E-state index contributed by atoms with van der Waals surface area (Å²) in [7, 11) is 1.17. The zero-order chi connectivity index (χ0) is 8.20. The van der Waals surface area contributed by atoms with E-state index in [9.17, 15) is 4.79 Å². The third kappa shape index (κ3) is 2.28. The van der Waals surface area contributed by atoms with E-state index in [-0.39, 0.29) is 13.2 Å². The SMILES string of the molecule is COC(=O)[N+](N)(N)CCO. The Morgan fingerprint density at radius 3 is 2.50 bits per heavy atom. The Balaban J connectivity index is 3.96. The second kappa shape index (κ2) is 3.47. The molecule has 10 heavy (non-hydrogen) atoms. The van der Waals surface area contributed by atoms with Gasteiger partial charge in [0, 0.05) is 0 Å². The van der Waals surface area contributed by atoms with Gasteiger partial charge in [-0.3, -0.25) is 0 Å². The number of aliphatic hydroxyl groups is 1. The molecule has 60 valence electrons. The number of amides is 1. The summed E-state index contributed by atoms with van der Waals surface area (Å²) in [4.78, 5) is 10.6. The summed E-state index contributed by atoms with van der Waals surface area (Å²) in [6.45, 7) is -0.325. The fourth-order valence-electron chi connectivity index (χ4n) is 0.427. The molecular formula is C4H12N3O3+. The summed E-state index contributed by atoms with van der Waals surface area (Å²) in [5.41, 5.74) is 0. The lowest BCUT2D eigenvalue weighted by Gasteiger charge is -2.19. The van der Waals surface area contributed by atoms with Crippen LogP contribution in [0.4, 0.5) is 4.79 Å². The molecule has 0 saturated carbocycles. The van der Waals surface area contributed by atoms with Crippen LogP contribution in [0.2, 0.25) is 0 Å². The van der Waals surface area contributed by atoms with Crippen molar-refractivity contribution in [3.63, 3.8) is 0 Å². The van der Waals surface area contributed by atoms with Crippen LogP contribution in [0.3, 0.4) is 0 Å². The molecule has 0 unspecified atom stereocenters. The van der Waals surface area contributed by atoms with E-state index in [2.05, 4.69) is 4.74 Å². The predicted molar refractivity (Wildman–Crippen MR) is 33.0 cm³/mol. The average Bonchev–Trinajstić information content (AvgIpc) is 1.86. The van der Waals surface area contributed by atoms with Crippen LogP contribution in [0, 0.1) is 0 Å². The molecule has 0 radical (unpaired) electrons. The Kier molecular flexibility index (Phi) is 3.23. The molecule has 1 amide bonds. The highest BCUT2D eigenvalue weighted by atomic mass is 16.6. The van der Waals surface area contributed by atoms with E-state index in [1.165, 1.54) is 7.11 Å². The number of nitrogens with two attached hydrogens (primary N) is 2. The number of hydrogen-bond donors (Lipinski definition) is 3. The van der Waals surface area contributed by atoms with Gasteiger partial charge >= 0.3 is 6.09 Å². The molecule has 0 aromatic rings. The number of rotatable bonds is 2. The third-order valence-corrected chi connectivity index (χ3v) is 0.985. The lowest BCUT2D eigenvalue weighted by atomic mass is 10.6.